The van der Waals surface area contributed by atoms with Crippen LogP contribution in [0.5, 0.6) is 0 Å². The molecule has 0 rings (SSSR count). The van der Waals surface area contributed by atoms with Crippen LogP contribution in [0.25, 0.3) is 0 Å². The Labute approximate surface area is 68.9 Å². The lowest BCUT2D eigenvalue weighted by atomic mass is 10.1. The van der Waals surface area contributed by atoms with Gasteiger partial charge in [-0.3, -0.25) is 9.59 Å². The number of ether oxygens (including phenoxy) is 1. The molecule has 6 heteroatoms. The minimum atomic E-state index is -1.41. The van der Waals surface area contributed by atoms with Crippen molar-refractivity contribution in [1.29, 1.82) is 0 Å². The van der Waals surface area contributed by atoms with E-state index in [9.17, 15) is 9.59 Å². The van der Waals surface area contributed by atoms with E-state index in [2.05, 4.69) is 4.74 Å². The Morgan fingerprint density at radius 3 is 2.42 bits per heavy atom. The van der Waals surface area contributed by atoms with E-state index < -0.39 is 30.5 Å². The lowest BCUT2D eigenvalue weighted by molar-refractivity contribution is -0.146. The van der Waals surface area contributed by atoms with E-state index in [1.807, 2.05) is 0 Å². The van der Waals surface area contributed by atoms with Crippen LogP contribution in [0.1, 0.15) is 6.42 Å². The molecule has 0 aromatic carbocycles. The SMILES string of the molecule is COC(=O)[C@H](N)C(O)CC(=O)O. The number of hydrogen-bond donors (Lipinski definition) is 3. The summed E-state index contributed by atoms with van der Waals surface area (Å²) < 4.78 is 4.20. The van der Waals surface area contributed by atoms with Gasteiger partial charge in [0.25, 0.3) is 0 Å². The van der Waals surface area contributed by atoms with Crippen molar-refractivity contribution in [3.8, 4) is 0 Å². The highest BCUT2D eigenvalue weighted by molar-refractivity contribution is 5.77. The maximum absolute atomic E-state index is 10.6. The summed E-state index contributed by atoms with van der Waals surface area (Å²) in [5.74, 6) is -2.05. The molecule has 70 valence electrons. The summed E-state index contributed by atoms with van der Waals surface area (Å²) in [6.07, 6.45) is -1.98. The fourth-order valence-corrected chi connectivity index (χ4v) is 0.599. The van der Waals surface area contributed by atoms with Crippen LogP contribution in [0.15, 0.2) is 0 Å². The zero-order valence-corrected chi connectivity index (χ0v) is 6.56. The molecule has 0 radical (unpaired) electrons. The highest BCUT2D eigenvalue weighted by Crippen LogP contribution is 1.98. The van der Waals surface area contributed by atoms with Gasteiger partial charge < -0.3 is 20.7 Å². The molecule has 1 unspecified atom stereocenters. The Hall–Kier alpha value is -1.14. The standard InChI is InChI=1S/C6H11NO5/c1-12-6(11)5(7)3(8)2-4(9)10/h3,5,8H,2,7H2,1H3,(H,9,10)/t3?,5-/m1/s1. The molecule has 0 saturated heterocycles. The number of nitrogens with two attached hydrogens (primary N) is 1. The summed E-state index contributed by atoms with van der Waals surface area (Å²) >= 11 is 0. The highest BCUT2D eigenvalue weighted by Gasteiger charge is 2.25. The van der Waals surface area contributed by atoms with Gasteiger partial charge in [-0.15, -0.1) is 0 Å². The molecule has 4 N–H and O–H groups in total. The van der Waals surface area contributed by atoms with Gasteiger partial charge in [0.15, 0.2) is 0 Å². The van der Waals surface area contributed by atoms with Crippen molar-refractivity contribution in [3.05, 3.63) is 0 Å². The Balaban J connectivity index is 4.00. The van der Waals surface area contributed by atoms with Gasteiger partial charge in [-0.2, -0.15) is 0 Å². The molecule has 0 aliphatic heterocycles. The number of aliphatic carboxylic acids is 1. The Morgan fingerprint density at radius 1 is 1.58 bits per heavy atom. The third kappa shape index (κ3) is 3.31. The van der Waals surface area contributed by atoms with Crippen molar-refractivity contribution >= 4 is 11.9 Å². The van der Waals surface area contributed by atoms with Crippen molar-refractivity contribution in [2.75, 3.05) is 7.11 Å². The molecule has 0 fully saturated rings. The van der Waals surface area contributed by atoms with E-state index in [1.165, 1.54) is 0 Å². The van der Waals surface area contributed by atoms with Crippen LogP contribution < -0.4 is 5.73 Å². The lowest BCUT2D eigenvalue weighted by Crippen LogP contribution is -2.43. The maximum Gasteiger partial charge on any atom is 0.325 e. The largest absolute Gasteiger partial charge is 0.481 e. The predicted molar refractivity (Wildman–Crippen MR) is 38.3 cm³/mol. The summed E-state index contributed by atoms with van der Waals surface area (Å²) in [7, 11) is 1.11. The van der Waals surface area contributed by atoms with E-state index in [-0.39, 0.29) is 0 Å². The number of esters is 1. The molecule has 0 aromatic rings. The smallest absolute Gasteiger partial charge is 0.325 e. The average Bonchev–Trinajstić information content (AvgIpc) is 2.00. The highest BCUT2D eigenvalue weighted by atomic mass is 16.5. The molecule has 2 atom stereocenters. The predicted octanol–water partition coefficient (Wildman–Crippen LogP) is -1.68. The van der Waals surface area contributed by atoms with Crippen molar-refractivity contribution in [2.24, 2.45) is 5.73 Å². The quantitative estimate of drug-likeness (QED) is 0.442. The van der Waals surface area contributed by atoms with Crippen LogP contribution in [0.4, 0.5) is 0 Å². The van der Waals surface area contributed by atoms with Crippen molar-refractivity contribution in [2.45, 2.75) is 18.6 Å². The van der Waals surface area contributed by atoms with Gasteiger partial charge in [-0.1, -0.05) is 0 Å². The van der Waals surface area contributed by atoms with E-state index in [4.69, 9.17) is 15.9 Å². The first-order valence-electron chi connectivity index (χ1n) is 3.22. The number of carboxylic acid groups (broad SMARTS) is 1. The number of aliphatic hydroxyl groups excluding tert-OH is 1. The normalized spacial score (nSPS) is 14.9. The second-order valence-electron chi connectivity index (χ2n) is 2.21. The maximum atomic E-state index is 10.6. The first kappa shape index (κ1) is 10.9. The third-order valence-corrected chi connectivity index (χ3v) is 1.27. The van der Waals surface area contributed by atoms with Crippen LogP contribution in [-0.2, 0) is 14.3 Å². The molecule has 0 amide bonds. The molecule has 0 aliphatic carbocycles. The second-order valence-corrected chi connectivity index (χ2v) is 2.21. The molecule has 0 bridgehead atoms. The zero-order valence-electron chi connectivity index (χ0n) is 6.56. The van der Waals surface area contributed by atoms with Crippen molar-refractivity contribution in [1.82, 2.24) is 0 Å². The lowest BCUT2D eigenvalue weighted by Gasteiger charge is -2.13. The van der Waals surface area contributed by atoms with Crippen molar-refractivity contribution < 1.29 is 24.5 Å². The summed E-state index contributed by atoms with van der Waals surface area (Å²) in [4.78, 5) is 20.7. The summed E-state index contributed by atoms with van der Waals surface area (Å²) in [6, 6.07) is -1.30. The van der Waals surface area contributed by atoms with E-state index in [0.717, 1.165) is 7.11 Å². The van der Waals surface area contributed by atoms with Gasteiger partial charge in [0.1, 0.15) is 6.04 Å². The van der Waals surface area contributed by atoms with Gasteiger partial charge in [0, 0.05) is 0 Å². The number of aliphatic hydroxyl groups is 1. The van der Waals surface area contributed by atoms with Crippen LogP contribution >= 0.6 is 0 Å². The minimum Gasteiger partial charge on any atom is -0.481 e. The van der Waals surface area contributed by atoms with Crippen molar-refractivity contribution in [3.63, 3.8) is 0 Å². The van der Waals surface area contributed by atoms with E-state index >= 15 is 0 Å². The second kappa shape index (κ2) is 4.68. The van der Waals surface area contributed by atoms with Gasteiger partial charge in [-0.25, -0.2) is 0 Å². The molecule has 0 saturated carbocycles. The van der Waals surface area contributed by atoms with Gasteiger partial charge >= 0.3 is 11.9 Å². The van der Waals surface area contributed by atoms with Gasteiger partial charge in [0.2, 0.25) is 0 Å². The Morgan fingerprint density at radius 2 is 2.08 bits per heavy atom. The Bertz CT molecular complexity index is 181. The average molecular weight is 177 g/mol. The number of carboxylic acids is 1. The van der Waals surface area contributed by atoms with E-state index in [0.29, 0.717) is 0 Å². The Kier molecular flexibility index (Phi) is 4.24. The number of carbonyl (C=O) groups is 2. The van der Waals surface area contributed by atoms with Crippen LogP contribution in [0, 0.1) is 0 Å². The molecule has 0 spiro atoms. The fourth-order valence-electron chi connectivity index (χ4n) is 0.599. The number of hydrogen-bond acceptors (Lipinski definition) is 5. The van der Waals surface area contributed by atoms with E-state index in [1.54, 1.807) is 0 Å². The molecular formula is C6H11NO5. The molecular weight excluding hydrogens is 166 g/mol. The third-order valence-electron chi connectivity index (χ3n) is 1.27. The first-order valence-corrected chi connectivity index (χ1v) is 3.22. The zero-order chi connectivity index (χ0) is 9.72. The minimum absolute atomic E-state index is 0.573. The number of rotatable bonds is 4. The topological polar surface area (TPSA) is 110 Å². The van der Waals surface area contributed by atoms with Crippen LogP contribution in [-0.4, -0.2) is 41.4 Å². The summed E-state index contributed by atoms with van der Waals surface area (Å²) in [5, 5.41) is 17.2. The van der Waals surface area contributed by atoms with Gasteiger partial charge in [0.05, 0.1) is 19.6 Å². The first-order chi connectivity index (χ1) is 5.49. The van der Waals surface area contributed by atoms with Crippen LogP contribution in [0.2, 0.25) is 0 Å². The fraction of sp³-hybridized carbons (Fsp3) is 0.667. The molecule has 12 heavy (non-hydrogen) atoms. The molecule has 0 aromatic heterocycles. The number of methoxy groups -OCH3 is 1. The molecule has 6 nitrogen and oxygen atoms in total. The summed E-state index contributed by atoms with van der Waals surface area (Å²) in [6.45, 7) is 0. The van der Waals surface area contributed by atoms with Gasteiger partial charge in [-0.05, 0) is 0 Å². The number of carbonyl (C=O) groups excluding carboxylic acids is 1. The molecule has 0 heterocycles. The molecule has 0 aliphatic rings. The monoisotopic (exact) mass is 177 g/mol. The summed E-state index contributed by atoms with van der Waals surface area (Å²) in [5.41, 5.74) is 5.13. The van der Waals surface area contributed by atoms with Crippen LogP contribution in [0.3, 0.4) is 0 Å².